The normalized spacial score (nSPS) is 16.1. The smallest absolute Gasteiger partial charge is 0.0474 e. The molecule has 11 aromatic rings. The number of hydrogen-bond acceptors (Lipinski definition) is 2. The van der Waals surface area contributed by atoms with Gasteiger partial charge in [0.25, 0.3) is 0 Å². The van der Waals surface area contributed by atoms with Crippen LogP contribution in [0.1, 0.15) is 24.5 Å². The summed E-state index contributed by atoms with van der Waals surface area (Å²) in [4.78, 5) is 1.38. The fourth-order valence-corrected chi connectivity index (χ4v) is 13.6. The number of thiophene rings is 1. The molecule has 1 unspecified atom stereocenters. The van der Waals surface area contributed by atoms with Gasteiger partial charge in [0.1, 0.15) is 0 Å². The summed E-state index contributed by atoms with van der Waals surface area (Å²) in [5, 5.41) is 12.9. The van der Waals surface area contributed by atoms with Crippen LogP contribution in [0.3, 0.4) is 0 Å². The van der Waals surface area contributed by atoms with E-state index in [1.165, 1.54) is 124 Å². The highest BCUT2D eigenvalue weighted by molar-refractivity contribution is 8.01. The Morgan fingerprint density at radius 3 is 1.52 bits per heavy atom. The van der Waals surface area contributed by atoms with Crippen molar-refractivity contribution < 1.29 is 0 Å². The van der Waals surface area contributed by atoms with Gasteiger partial charge in [0.2, 0.25) is 0 Å². The second-order valence-electron chi connectivity index (χ2n) is 16.7. The van der Waals surface area contributed by atoms with Gasteiger partial charge < -0.3 is 0 Å². The Balaban J connectivity index is 1.10. The van der Waals surface area contributed by atoms with Crippen molar-refractivity contribution in [3.05, 3.63) is 211 Å². The molecule has 286 valence electrons. The lowest BCUT2D eigenvalue weighted by Gasteiger charge is -2.30. The Hall–Kier alpha value is -6.71. The molecule has 1 aliphatic heterocycles. The van der Waals surface area contributed by atoms with Gasteiger partial charge in [-0.2, -0.15) is 0 Å². The highest BCUT2D eigenvalue weighted by atomic mass is 32.2. The molecule has 13 rings (SSSR count). The van der Waals surface area contributed by atoms with Crippen molar-refractivity contribution in [2.24, 2.45) is 0 Å². The molecule has 2 aliphatic rings. The number of benzene rings is 10. The minimum absolute atomic E-state index is 0.00640. The first-order chi connectivity index (χ1) is 30.2. The third-order valence-corrected chi connectivity index (χ3v) is 15.9. The van der Waals surface area contributed by atoms with Crippen LogP contribution in [0.15, 0.2) is 205 Å². The van der Waals surface area contributed by atoms with Gasteiger partial charge in [0, 0.05) is 35.4 Å². The lowest BCUT2D eigenvalue weighted by atomic mass is 9.78. The molecule has 0 saturated carbocycles. The molecule has 0 saturated heterocycles. The van der Waals surface area contributed by atoms with Crippen molar-refractivity contribution in [2.75, 3.05) is 0 Å². The SMILES string of the molecule is CC12CC=CC(c3c4ccccc4c(-c4cccc5c4sc4cccc(-c6c7ccccc7c(-c7ccccc7)c7ccccc67)c45)c4ccccc34)=C1c1ccccc1S2. The van der Waals surface area contributed by atoms with Gasteiger partial charge in [-0.1, -0.05) is 188 Å². The maximum atomic E-state index is 2.44. The quantitative estimate of drug-likeness (QED) is 0.160. The molecule has 0 spiro atoms. The summed E-state index contributed by atoms with van der Waals surface area (Å²) >= 11 is 3.96. The van der Waals surface area contributed by atoms with Crippen LogP contribution in [0, 0.1) is 0 Å². The Kier molecular flexibility index (Phi) is 7.71. The van der Waals surface area contributed by atoms with Crippen molar-refractivity contribution >= 4 is 97.5 Å². The third-order valence-electron chi connectivity index (χ3n) is 13.3. The van der Waals surface area contributed by atoms with E-state index >= 15 is 0 Å². The summed E-state index contributed by atoms with van der Waals surface area (Å²) in [6.45, 7) is 2.44. The minimum Gasteiger partial charge on any atom is -0.135 e. The van der Waals surface area contributed by atoms with E-state index in [1.807, 2.05) is 23.1 Å². The number of thioether (sulfide) groups is 1. The molecule has 61 heavy (non-hydrogen) atoms. The van der Waals surface area contributed by atoms with Crippen LogP contribution in [-0.2, 0) is 0 Å². The van der Waals surface area contributed by atoms with Gasteiger partial charge >= 0.3 is 0 Å². The Bertz CT molecular complexity index is 3600. The fourth-order valence-electron chi connectivity index (χ4n) is 10.9. The zero-order chi connectivity index (χ0) is 40.2. The fraction of sp³-hybridized carbons (Fsp3) is 0.0508. The predicted octanol–water partition coefficient (Wildman–Crippen LogP) is 17.4. The molecule has 1 aliphatic carbocycles. The molecule has 1 aromatic heterocycles. The van der Waals surface area contributed by atoms with E-state index in [-0.39, 0.29) is 4.75 Å². The first kappa shape index (κ1) is 35.1. The Labute approximate surface area is 363 Å². The van der Waals surface area contributed by atoms with Crippen LogP contribution < -0.4 is 0 Å². The number of allylic oxidation sites excluding steroid dienone is 3. The third kappa shape index (κ3) is 5.07. The maximum Gasteiger partial charge on any atom is 0.0474 e. The summed E-state index contributed by atoms with van der Waals surface area (Å²) in [6, 6.07) is 70.3. The lowest BCUT2D eigenvalue weighted by molar-refractivity contribution is 0.832. The molecule has 0 N–H and O–H groups in total. The van der Waals surface area contributed by atoms with E-state index in [1.54, 1.807) is 0 Å². The average molecular weight is 811 g/mol. The monoisotopic (exact) mass is 810 g/mol. The van der Waals surface area contributed by atoms with Crippen LogP contribution >= 0.6 is 23.1 Å². The van der Waals surface area contributed by atoms with Crippen LogP contribution in [0.2, 0.25) is 0 Å². The van der Waals surface area contributed by atoms with E-state index < -0.39 is 0 Å². The summed E-state index contributed by atoms with van der Waals surface area (Å²) in [5.74, 6) is 0. The predicted molar refractivity (Wildman–Crippen MR) is 267 cm³/mol. The molecule has 10 aromatic carbocycles. The zero-order valence-electron chi connectivity index (χ0n) is 33.6. The zero-order valence-corrected chi connectivity index (χ0v) is 35.2. The van der Waals surface area contributed by atoms with Gasteiger partial charge in [-0.3, -0.25) is 0 Å². The van der Waals surface area contributed by atoms with Crippen molar-refractivity contribution in [1.82, 2.24) is 0 Å². The van der Waals surface area contributed by atoms with Crippen molar-refractivity contribution in [3.63, 3.8) is 0 Å². The molecule has 2 heteroatoms. The van der Waals surface area contributed by atoms with Gasteiger partial charge in [-0.25, -0.2) is 0 Å². The van der Waals surface area contributed by atoms with Crippen molar-refractivity contribution in [1.29, 1.82) is 0 Å². The summed E-state index contributed by atoms with van der Waals surface area (Å²) in [5.41, 5.74) is 13.3. The standard InChI is InChI=1S/C59H38S2/c1-59-35-17-32-47(57(59)45-28-13-14-33-50(45)61-59)54-41-24-9-11-26-43(41)55(44-27-12-10-25-42(44)54)48-30-15-31-49-56-46(29-16-34-51(56)60-58(48)49)53-39-22-7-5-20-37(39)52(36-18-3-2-4-19-36)38-21-6-8-23-40(38)53/h2-34H,35H2,1H3. The van der Waals surface area contributed by atoms with E-state index in [4.69, 9.17) is 0 Å². The topological polar surface area (TPSA) is 0 Å². The van der Waals surface area contributed by atoms with Crippen molar-refractivity contribution in [2.45, 2.75) is 23.0 Å². The molecule has 2 heterocycles. The largest absolute Gasteiger partial charge is 0.135 e. The highest BCUT2D eigenvalue weighted by Crippen LogP contribution is 2.60. The first-order valence-electron chi connectivity index (χ1n) is 21.2. The molecule has 0 nitrogen and oxygen atoms in total. The summed E-state index contributed by atoms with van der Waals surface area (Å²) < 4.78 is 2.63. The molecule has 0 fully saturated rings. The molecular formula is C59H38S2. The summed E-state index contributed by atoms with van der Waals surface area (Å²) in [6.07, 6.45) is 5.85. The van der Waals surface area contributed by atoms with Crippen LogP contribution in [0.4, 0.5) is 0 Å². The number of rotatable bonds is 4. The van der Waals surface area contributed by atoms with Crippen LogP contribution in [0.5, 0.6) is 0 Å². The second-order valence-corrected chi connectivity index (χ2v) is 19.3. The van der Waals surface area contributed by atoms with E-state index in [0.717, 1.165) is 6.42 Å². The molecule has 0 bridgehead atoms. The van der Waals surface area contributed by atoms with Gasteiger partial charge in [-0.15, -0.1) is 23.1 Å². The number of hydrogen-bond donors (Lipinski definition) is 0. The minimum atomic E-state index is -0.00640. The van der Waals surface area contributed by atoms with Crippen molar-refractivity contribution in [3.8, 4) is 33.4 Å². The molecular weight excluding hydrogens is 773 g/mol. The maximum absolute atomic E-state index is 2.44. The average Bonchev–Trinajstić information content (AvgIpc) is 3.85. The summed E-state index contributed by atoms with van der Waals surface area (Å²) in [7, 11) is 0. The molecule has 0 radical (unpaired) electrons. The molecule has 0 amide bonds. The first-order valence-corrected chi connectivity index (χ1v) is 22.9. The Morgan fingerprint density at radius 1 is 0.410 bits per heavy atom. The highest BCUT2D eigenvalue weighted by Gasteiger charge is 2.41. The van der Waals surface area contributed by atoms with E-state index in [2.05, 4.69) is 207 Å². The lowest BCUT2D eigenvalue weighted by Crippen LogP contribution is -2.20. The second kappa shape index (κ2) is 13.4. The van der Waals surface area contributed by atoms with Crippen LogP contribution in [0.25, 0.3) is 108 Å². The van der Waals surface area contributed by atoms with Gasteiger partial charge in [0.05, 0.1) is 0 Å². The van der Waals surface area contributed by atoms with E-state index in [0.29, 0.717) is 0 Å². The van der Waals surface area contributed by atoms with Crippen LogP contribution in [-0.4, -0.2) is 4.75 Å². The molecule has 1 atom stereocenters. The van der Waals surface area contributed by atoms with Gasteiger partial charge in [0.15, 0.2) is 0 Å². The Morgan fingerprint density at radius 2 is 0.885 bits per heavy atom. The number of fused-ring (bicyclic) bond motifs is 10. The van der Waals surface area contributed by atoms with E-state index in [9.17, 15) is 0 Å². The van der Waals surface area contributed by atoms with Gasteiger partial charge in [-0.05, 0) is 119 Å².